The molecule has 6 atom stereocenters. The normalized spacial score (nSPS) is 7.19. The smallest absolute Gasteiger partial charge is 0 e. The van der Waals surface area contributed by atoms with Gasteiger partial charge in [0.1, 0.15) is 0 Å². The minimum atomic E-state index is 0. The van der Waals surface area contributed by atoms with Gasteiger partial charge in [-0.05, 0) is 12.6 Å². The van der Waals surface area contributed by atoms with Crippen LogP contribution >= 0.6 is 75.6 Å². The van der Waals surface area contributed by atoms with E-state index >= 15 is 0 Å². The molecule has 0 spiro atoms. The van der Waals surface area contributed by atoms with E-state index in [0.717, 1.165) is 46.4 Å². The predicted molar refractivity (Wildman–Crippen MR) is 115 cm³/mol. The van der Waals surface area contributed by atoms with Crippen LogP contribution in [-0.4, -0.2) is 47.6 Å². The van der Waals surface area contributed by atoms with Crippen LogP contribution in [0.15, 0.2) is 0 Å². The molecule has 0 saturated carbocycles. The first-order valence-corrected chi connectivity index (χ1v) is 12.3. The van der Waals surface area contributed by atoms with Gasteiger partial charge in [0.25, 0.3) is 0 Å². The quantitative estimate of drug-likeness (QED) is 0.161. The zero-order valence-electron chi connectivity index (χ0n) is 15.3. The average Bonchev–Trinajstić information content (AvgIpc) is 2.55. The first kappa shape index (κ1) is 71.2. The molecule has 0 bridgehead atoms. The van der Waals surface area contributed by atoms with Crippen LogP contribution in [0.2, 0.25) is 0 Å². The maximum Gasteiger partial charge on any atom is 0 e. The van der Waals surface area contributed by atoms with E-state index < -0.39 is 0 Å². The molecule has 6 unspecified atom stereocenters. The van der Waals surface area contributed by atoms with Gasteiger partial charge < -0.3 is 9.64 Å². The summed E-state index contributed by atoms with van der Waals surface area (Å²) >= 11 is 7.32. The summed E-state index contributed by atoms with van der Waals surface area (Å²) in [6.45, 7) is 0. The number of ether oxygens (including phenoxy) is 1. The number of halogens is 2. The minimum absolute atomic E-state index is 0. The van der Waals surface area contributed by atoms with Crippen LogP contribution < -0.4 is 0 Å². The third kappa shape index (κ3) is 78.7. The van der Waals surface area contributed by atoms with Gasteiger partial charge >= 0.3 is 50.4 Å². The second kappa shape index (κ2) is 76.7. The Morgan fingerprint density at radius 3 is 1.22 bits per heavy atom. The van der Waals surface area contributed by atoms with Crippen molar-refractivity contribution in [2.75, 3.05) is 37.8 Å². The van der Waals surface area contributed by atoms with Crippen molar-refractivity contribution in [3.8, 4) is 0 Å². The number of hydrogen-bond acceptors (Lipinski definition) is 3. The van der Waals surface area contributed by atoms with Gasteiger partial charge in [0.05, 0.1) is 0 Å². The molecule has 6 radical (unpaired) electrons. The van der Waals surface area contributed by atoms with Crippen molar-refractivity contribution in [3.05, 3.63) is 14.2 Å². The van der Waals surface area contributed by atoms with Crippen molar-refractivity contribution >= 4 is 75.6 Å². The fourth-order valence-corrected chi connectivity index (χ4v) is 3.33. The molecule has 0 aliphatic rings. The molecule has 0 heterocycles. The summed E-state index contributed by atoms with van der Waals surface area (Å²) in [5.41, 5.74) is 0. The third-order valence-electron chi connectivity index (χ3n) is 1.57. The standard InChI is InChI=1S/C5H15NOP3.C3H10NP2.2ClH.2Cu.H3P.6Y/c1-7-5-10-4-6(2-8)3-9;1-4(2-5)3-6;;;;;;;;;;;/h10H,1-5,8-9H2;1-3,5-6H2;2*1H;;;1H3;;;;;;/q2*-1;;;2*+2;;;;;;;/p-2. The molecule has 0 fully saturated rings. The Balaban J connectivity index is -0.0000000151. The van der Waals surface area contributed by atoms with Gasteiger partial charge in [-0.3, -0.25) is 11.9 Å². The van der Waals surface area contributed by atoms with Gasteiger partial charge in [-0.1, -0.05) is 8.58 Å². The molecule has 0 aromatic carbocycles. The van der Waals surface area contributed by atoms with E-state index in [4.69, 9.17) is 4.74 Å². The van der Waals surface area contributed by atoms with Crippen LogP contribution in [0.25, 0.3) is 0 Å². The summed E-state index contributed by atoms with van der Waals surface area (Å²) < 4.78 is 4.70. The molecule has 0 saturated heterocycles. The fourth-order valence-electron chi connectivity index (χ4n) is 0.554. The van der Waals surface area contributed by atoms with Crippen LogP contribution in [0.5, 0.6) is 0 Å². The Labute approximate surface area is 359 Å². The Hall–Kier alpha value is 10.7. The molecule has 3 nitrogen and oxygen atoms in total. The number of rotatable bonds is 8. The molecule has 27 heavy (non-hydrogen) atoms. The first-order chi connectivity index (χ1) is 9.65. The van der Waals surface area contributed by atoms with Gasteiger partial charge in [-0.25, -0.2) is 7.11 Å². The summed E-state index contributed by atoms with van der Waals surface area (Å²) in [5.74, 6) is 0. The van der Waals surface area contributed by atoms with Crippen molar-refractivity contribution in [1.82, 2.24) is 9.80 Å². The Morgan fingerprint density at radius 1 is 0.778 bits per heavy atom. The second-order valence-electron chi connectivity index (χ2n) is 2.83. The largest absolute Gasteiger partial charge is 0 e. The van der Waals surface area contributed by atoms with E-state index in [2.05, 4.69) is 106 Å². The summed E-state index contributed by atoms with van der Waals surface area (Å²) in [7, 11) is 26.8. The van der Waals surface area contributed by atoms with E-state index in [1.54, 1.807) is 0 Å². The molecule has 0 amide bonds. The molecule has 0 N–H and O–H groups in total. The van der Waals surface area contributed by atoms with Gasteiger partial charge in [-0.15, -0.1) is 37.0 Å². The van der Waals surface area contributed by atoms with Crippen molar-refractivity contribution < 1.29 is 231 Å². The summed E-state index contributed by atoms with van der Waals surface area (Å²) in [4.78, 5) is 4.24. The van der Waals surface area contributed by atoms with Gasteiger partial charge in [0.2, 0.25) is 0 Å². The Kier molecular flexibility index (Phi) is 202. The van der Waals surface area contributed by atoms with Crippen LogP contribution in [0.4, 0.5) is 0 Å². The molecule has 0 aromatic heterocycles. The summed E-state index contributed by atoms with van der Waals surface area (Å²) in [5, 5.41) is 0. The van der Waals surface area contributed by atoms with Crippen LogP contribution in [0.3, 0.4) is 0 Å². The maximum absolute atomic E-state index is 4.70. The molecular weight excluding hydrogens is 1060 g/mol. The molecule has 19 heteroatoms. The topological polar surface area (TPSA) is 15.7 Å². The van der Waals surface area contributed by atoms with Gasteiger partial charge in [-0.2, -0.15) is 9.90 Å². The molecule has 0 rings (SSSR count). The maximum atomic E-state index is 4.70. The molecule has 160 valence electrons. The predicted octanol–water partition coefficient (Wildman–Crippen LogP) is 3.52. The van der Waals surface area contributed by atoms with Crippen molar-refractivity contribution in [2.45, 2.75) is 0 Å². The number of hydrogen-bond donors (Lipinski definition) is 0. The summed E-state index contributed by atoms with van der Waals surface area (Å²) in [6, 6.07) is 0. The number of nitrogens with zero attached hydrogens (tertiary/aromatic N) is 2. The van der Waals surface area contributed by atoms with E-state index in [0.29, 0.717) is 0 Å². The second-order valence-corrected chi connectivity index (χ2v) is 5.39. The average molecular weight is 1090 g/mol. The van der Waals surface area contributed by atoms with Crippen molar-refractivity contribution in [3.63, 3.8) is 0 Å². The Bertz CT molecular complexity index is 166. The molecule has 0 aliphatic carbocycles. The third-order valence-corrected chi connectivity index (χ3v) is 4.72. The van der Waals surface area contributed by atoms with Crippen LogP contribution in [0.1, 0.15) is 0 Å². The van der Waals surface area contributed by atoms with E-state index in [1.807, 2.05) is 4.90 Å². The Morgan fingerprint density at radius 2 is 1.07 bits per heavy atom. The summed E-state index contributed by atoms with van der Waals surface area (Å²) in [6.07, 6.45) is 5.86. The van der Waals surface area contributed by atoms with E-state index in [9.17, 15) is 0 Å². The van der Waals surface area contributed by atoms with E-state index in [-0.39, 0.29) is 206 Å². The van der Waals surface area contributed by atoms with E-state index in [1.165, 1.54) is 0 Å². The SMILES string of the molecule is P.[CH2-]N(CP)CP.[CH2-]OCPCN(CP)CP.[Cl][Cu+].[Cl][Cu+].[Y].[Y].[Y].[Y].[Y].[Y]. The van der Waals surface area contributed by atoms with Crippen molar-refractivity contribution in [2.24, 2.45) is 0 Å². The van der Waals surface area contributed by atoms with Crippen molar-refractivity contribution in [1.29, 1.82) is 0 Å². The monoisotopic (exact) mass is 1080 g/mol. The molecular formula is C8H28Cl2Cu2N2OP6Y6. The van der Waals surface area contributed by atoms with Crippen LogP contribution in [0, 0.1) is 14.2 Å². The minimum Gasteiger partial charge on any atom is 0 e. The zero-order chi connectivity index (χ0) is 16.8. The molecule has 0 aromatic rings. The zero-order valence-corrected chi connectivity index (χ0v) is 42.8. The fraction of sp³-hybridized carbons (Fsp3) is 0.750. The molecule has 0 aliphatic heterocycles. The van der Waals surface area contributed by atoms with Gasteiger partial charge in [0, 0.05) is 221 Å². The van der Waals surface area contributed by atoms with Gasteiger partial charge in [0.15, 0.2) is 0 Å². The first-order valence-electron chi connectivity index (χ1n) is 5.04. The van der Waals surface area contributed by atoms with Crippen LogP contribution in [-0.2, 0) is 231 Å².